The second kappa shape index (κ2) is 4.75. The molecule has 0 unspecified atom stereocenters. The standard InChI is InChI=1S/C13H12BrNO2/c1-9-7-11(14)13(17-10(2)16)8-12(9)15-5-3-4-6-15/h3-8H,1-2H3. The van der Waals surface area contributed by atoms with Crippen molar-refractivity contribution in [2.45, 2.75) is 13.8 Å². The molecule has 4 heteroatoms. The Labute approximate surface area is 108 Å². The van der Waals surface area contributed by atoms with Crippen molar-refractivity contribution >= 4 is 21.9 Å². The number of halogens is 1. The van der Waals surface area contributed by atoms with E-state index in [9.17, 15) is 4.79 Å². The van der Waals surface area contributed by atoms with Gasteiger partial charge in [-0.1, -0.05) is 0 Å². The molecule has 0 bridgehead atoms. The Kier molecular flexibility index (Phi) is 3.33. The normalized spacial score (nSPS) is 10.3. The lowest BCUT2D eigenvalue weighted by Crippen LogP contribution is -2.03. The Hall–Kier alpha value is -1.55. The Morgan fingerprint density at radius 1 is 1.29 bits per heavy atom. The number of carbonyl (C=O) groups is 1. The van der Waals surface area contributed by atoms with Crippen molar-refractivity contribution in [3.8, 4) is 11.4 Å². The van der Waals surface area contributed by atoms with Gasteiger partial charge in [-0.15, -0.1) is 0 Å². The SMILES string of the molecule is CC(=O)Oc1cc(-n2cccc2)c(C)cc1Br. The van der Waals surface area contributed by atoms with Crippen LogP contribution in [0.4, 0.5) is 0 Å². The molecule has 0 aliphatic rings. The number of ether oxygens (including phenoxy) is 1. The van der Waals surface area contributed by atoms with Crippen molar-refractivity contribution < 1.29 is 9.53 Å². The summed E-state index contributed by atoms with van der Waals surface area (Å²) in [6, 6.07) is 7.69. The Bertz CT molecular complexity index is 547. The first-order valence-electron chi connectivity index (χ1n) is 5.20. The van der Waals surface area contributed by atoms with Gasteiger partial charge in [-0.2, -0.15) is 0 Å². The quantitative estimate of drug-likeness (QED) is 0.627. The number of aryl methyl sites for hydroxylation is 1. The van der Waals surface area contributed by atoms with Crippen molar-refractivity contribution in [1.82, 2.24) is 4.57 Å². The molecule has 3 nitrogen and oxygen atoms in total. The second-order valence-corrected chi connectivity index (χ2v) is 4.61. The molecule has 1 aromatic heterocycles. The van der Waals surface area contributed by atoms with Crippen molar-refractivity contribution in [2.75, 3.05) is 0 Å². The summed E-state index contributed by atoms with van der Waals surface area (Å²) in [5.41, 5.74) is 2.10. The van der Waals surface area contributed by atoms with Gasteiger partial charge >= 0.3 is 5.97 Å². The summed E-state index contributed by atoms with van der Waals surface area (Å²) in [5, 5.41) is 0. The molecule has 88 valence electrons. The molecule has 0 atom stereocenters. The van der Waals surface area contributed by atoms with E-state index in [4.69, 9.17) is 4.74 Å². The van der Waals surface area contributed by atoms with Crippen LogP contribution in [0.5, 0.6) is 5.75 Å². The Balaban J connectivity index is 2.50. The lowest BCUT2D eigenvalue weighted by atomic mass is 10.2. The highest BCUT2D eigenvalue weighted by Gasteiger charge is 2.09. The molecule has 0 radical (unpaired) electrons. The number of hydrogen-bond donors (Lipinski definition) is 0. The maximum absolute atomic E-state index is 11.0. The monoisotopic (exact) mass is 293 g/mol. The number of hydrogen-bond acceptors (Lipinski definition) is 2. The van der Waals surface area contributed by atoms with E-state index < -0.39 is 0 Å². The molecule has 0 amide bonds. The first-order chi connectivity index (χ1) is 8.08. The Morgan fingerprint density at radius 3 is 2.53 bits per heavy atom. The Morgan fingerprint density at radius 2 is 1.94 bits per heavy atom. The van der Waals surface area contributed by atoms with Gasteiger partial charge in [0.25, 0.3) is 0 Å². The van der Waals surface area contributed by atoms with Gasteiger partial charge in [0.1, 0.15) is 5.75 Å². The zero-order chi connectivity index (χ0) is 12.4. The highest BCUT2D eigenvalue weighted by molar-refractivity contribution is 9.10. The number of esters is 1. The number of aromatic nitrogens is 1. The molecule has 1 aromatic carbocycles. The first kappa shape index (κ1) is 11.9. The highest BCUT2D eigenvalue weighted by Crippen LogP contribution is 2.30. The fourth-order valence-corrected chi connectivity index (χ4v) is 2.19. The molecule has 0 saturated heterocycles. The van der Waals surface area contributed by atoms with Gasteiger partial charge in [0.05, 0.1) is 10.2 Å². The van der Waals surface area contributed by atoms with Gasteiger partial charge in [0.15, 0.2) is 0 Å². The molecule has 0 N–H and O–H groups in total. The van der Waals surface area contributed by atoms with E-state index in [1.165, 1.54) is 6.92 Å². The van der Waals surface area contributed by atoms with E-state index in [1.54, 1.807) is 0 Å². The molecule has 0 saturated carbocycles. The smallest absolute Gasteiger partial charge is 0.308 e. The average molecular weight is 294 g/mol. The molecule has 0 fully saturated rings. The summed E-state index contributed by atoms with van der Waals surface area (Å²) in [6.07, 6.45) is 3.90. The zero-order valence-electron chi connectivity index (χ0n) is 9.61. The maximum Gasteiger partial charge on any atom is 0.308 e. The van der Waals surface area contributed by atoms with Crippen molar-refractivity contribution in [2.24, 2.45) is 0 Å². The van der Waals surface area contributed by atoms with Crippen LogP contribution < -0.4 is 4.74 Å². The maximum atomic E-state index is 11.0. The third kappa shape index (κ3) is 2.58. The summed E-state index contributed by atoms with van der Waals surface area (Å²) in [7, 11) is 0. The minimum atomic E-state index is -0.326. The molecule has 17 heavy (non-hydrogen) atoms. The summed E-state index contributed by atoms with van der Waals surface area (Å²) in [6.45, 7) is 3.40. The molecule has 0 aliphatic heterocycles. The molecule has 2 rings (SSSR count). The molecule has 0 spiro atoms. The summed E-state index contributed by atoms with van der Waals surface area (Å²) in [4.78, 5) is 11.0. The van der Waals surface area contributed by atoms with Crippen LogP contribution in [0, 0.1) is 6.92 Å². The molecular weight excluding hydrogens is 282 g/mol. The van der Waals surface area contributed by atoms with E-state index in [-0.39, 0.29) is 5.97 Å². The predicted molar refractivity (Wildman–Crippen MR) is 69.5 cm³/mol. The minimum Gasteiger partial charge on any atom is -0.425 e. The summed E-state index contributed by atoms with van der Waals surface area (Å²) < 4.78 is 7.90. The fraction of sp³-hybridized carbons (Fsp3) is 0.154. The molecule has 1 heterocycles. The third-order valence-electron chi connectivity index (χ3n) is 2.39. The van der Waals surface area contributed by atoms with Crippen LogP contribution in [0.1, 0.15) is 12.5 Å². The van der Waals surface area contributed by atoms with E-state index in [1.807, 2.05) is 48.1 Å². The van der Waals surface area contributed by atoms with Gasteiger partial charge < -0.3 is 9.30 Å². The molecule has 2 aromatic rings. The third-order valence-corrected chi connectivity index (χ3v) is 3.01. The number of carbonyl (C=O) groups excluding carboxylic acids is 1. The fourth-order valence-electron chi connectivity index (χ4n) is 1.65. The van der Waals surface area contributed by atoms with E-state index >= 15 is 0 Å². The van der Waals surface area contributed by atoms with Crippen LogP contribution in [-0.4, -0.2) is 10.5 Å². The van der Waals surface area contributed by atoms with Gasteiger partial charge in [-0.05, 0) is 46.6 Å². The first-order valence-corrected chi connectivity index (χ1v) is 5.99. The molecule has 0 aliphatic carbocycles. The number of rotatable bonds is 2. The number of nitrogens with zero attached hydrogens (tertiary/aromatic N) is 1. The van der Waals surface area contributed by atoms with Crippen molar-refractivity contribution in [1.29, 1.82) is 0 Å². The van der Waals surface area contributed by atoms with E-state index in [0.717, 1.165) is 15.7 Å². The van der Waals surface area contributed by atoms with Crippen LogP contribution in [0.2, 0.25) is 0 Å². The van der Waals surface area contributed by atoms with Crippen LogP contribution in [0.25, 0.3) is 5.69 Å². The van der Waals surface area contributed by atoms with E-state index in [0.29, 0.717) is 5.75 Å². The van der Waals surface area contributed by atoms with Crippen LogP contribution in [0.3, 0.4) is 0 Å². The lowest BCUT2D eigenvalue weighted by molar-refractivity contribution is -0.131. The minimum absolute atomic E-state index is 0.326. The topological polar surface area (TPSA) is 31.2 Å². The van der Waals surface area contributed by atoms with Crippen LogP contribution in [0.15, 0.2) is 41.1 Å². The highest BCUT2D eigenvalue weighted by atomic mass is 79.9. The largest absolute Gasteiger partial charge is 0.425 e. The summed E-state index contributed by atoms with van der Waals surface area (Å²) >= 11 is 3.39. The van der Waals surface area contributed by atoms with Crippen molar-refractivity contribution in [3.63, 3.8) is 0 Å². The summed E-state index contributed by atoms with van der Waals surface area (Å²) in [5.74, 6) is 0.208. The van der Waals surface area contributed by atoms with Crippen LogP contribution in [-0.2, 0) is 4.79 Å². The van der Waals surface area contributed by atoms with Gasteiger partial charge in [0.2, 0.25) is 0 Å². The van der Waals surface area contributed by atoms with Gasteiger partial charge in [-0.25, -0.2) is 0 Å². The number of benzene rings is 1. The predicted octanol–water partition coefficient (Wildman–Crippen LogP) is 3.47. The zero-order valence-corrected chi connectivity index (χ0v) is 11.2. The second-order valence-electron chi connectivity index (χ2n) is 3.75. The van der Waals surface area contributed by atoms with E-state index in [2.05, 4.69) is 15.9 Å². The molecular formula is C13H12BrNO2. The van der Waals surface area contributed by atoms with Gasteiger partial charge in [-0.3, -0.25) is 4.79 Å². The van der Waals surface area contributed by atoms with Crippen LogP contribution >= 0.6 is 15.9 Å². The average Bonchev–Trinajstić information content (AvgIpc) is 2.74. The van der Waals surface area contributed by atoms with Crippen molar-refractivity contribution in [3.05, 3.63) is 46.7 Å². The van der Waals surface area contributed by atoms with Gasteiger partial charge in [0, 0.05) is 25.4 Å². The lowest BCUT2D eigenvalue weighted by Gasteiger charge is -2.11.